The van der Waals surface area contributed by atoms with E-state index in [9.17, 15) is 19.7 Å². The van der Waals surface area contributed by atoms with Gasteiger partial charge in [0.25, 0.3) is 5.69 Å². The number of amides is 2. The molecule has 0 spiro atoms. The molecule has 1 saturated heterocycles. The molecule has 2 amide bonds. The van der Waals surface area contributed by atoms with E-state index in [4.69, 9.17) is 0 Å². The third-order valence-electron chi connectivity index (χ3n) is 6.05. The van der Waals surface area contributed by atoms with Crippen molar-refractivity contribution >= 4 is 39.1 Å². The molecule has 6 atom stereocenters. The lowest BCUT2D eigenvalue weighted by Gasteiger charge is -2.37. The molecule has 122 valence electrons. The minimum Gasteiger partial charge on any atom is -0.274 e. The van der Waals surface area contributed by atoms with E-state index in [1.54, 1.807) is 0 Å². The summed E-state index contributed by atoms with van der Waals surface area (Å²) in [5.41, 5.74) is 0.322. The number of anilines is 1. The van der Waals surface area contributed by atoms with Crippen LogP contribution in [-0.4, -0.2) is 16.7 Å². The molecular weight excluding hydrogens is 376 g/mol. The molecule has 4 aliphatic carbocycles. The fraction of sp³-hybridized carbons (Fsp3) is 0.412. The van der Waals surface area contributed by atoms with E-state index in [1.165, 1.54) is 23.1 Å². The summed E-state index contributed by atoms with van der Waals surface area (Å²) in [5, 5.41) is 10.9. The van der Waals surface area contributed by atoms with Gasteiger partial charge in [-0.2, -0.15) is 0 Å². The largest absolute Gasteiger partial charge is 0.274 e. The molecule has 1 aromatic rings. The predicted octanol–water partition coefficient (Wildman–Crippen LogP) is 2.91. The number of carbonyl (C=O) groups excluding carboxylic acids is 2. The summed E-state index contributed by atoms with van der Waals surface area (Å²) in [6, 6.07) is 4.14. The van der Waals surface area contributed by atoms with Crippen LogP contribution in [0.4, 0.5) is 11.4 Å². The zero-order valence-electron chi connectivity index (χ0n) is 12.5. The van der Waals surface area contributed by atoms with Crippen molar-refractivity contribution in [3.05, 3.63) is 44.9 Å². The highest BCUT2D eigenvalue weighted by atomic mass is 79.9. The van der Waals surface area contributed by atoms with Crippen LogP contribution in [0, 0.1) is 45.6 Å². The molecule has 3 fully saturated rings. The highest BCUT2D eigenvalue weighted by Gasteiger charge is 2.67. The molecule has 2 saturated carbocycles. The van der Waals surface area contributed by atoms with Gasteiger partial charge >= 0.3 is 0 Å². The van der Waals surface area contributed by atoms with Crippen LogP contribution in [0.15, 0.2) is 34.8 Å². The quantitative estimate of drug-likeness (QED) is 0.337. The number of halogens is 1. The van der Waals surface area contributed by atoms with Crippen LogP contribution < -0.4 is 4.90 Å². The maximum Gasteiger partial charge on any atom is 0.270 e. The Kier molecular flexibility index (Phi) is 2.71. The number of allylic oxidation sites excluding steroid dienone is 2. The maximum atomic E-state index is 13.0. The first kappa shape index (κ1) is 14.3. The van der Waals surface area contributed by atoms with Gasteiger partial charge in [-0.05, 0) is 52.1 Å². The van der Waals surface area contributed by atoms with E-state index in [-0.39, 0.29) is 41.2 Å². The average molecular weight is 389 g/mol. The SMILES string of the molecule is O=C1[C@@H]2[C@H]3C=C[C@@H]([C@@H]4C[C@@H]34)[C@@H]2C(=O)N1c1ccc([N+](=O)[O-])cc1Br. The Morgan fingerprint density at radius 1 is 1.08 bits per heavy atom. The second-order valence-corrected chi connectivity index (χ2v) is 7.91. The Morgan fingerprint density at radius 3 is 2.17 bits per heavy atom. The predicted molar refractivity (Wildman–Crippen MR) is 88.0 cm³/mol. The summed E-state index contributed by atoms with van der Waals surface area (Å²) in [6.45, 7) is 0. The molecule has 1 aromatic carbocycles. The number of hydrogen-bond acceptors (Lipinski definition) is 4. The highest BCUT2D eigenvalue weighted by Crippen LogP contribution is 2.65. The fourth-order valence-corrected chi connectivity index (χ4v) is 5.53. The van der Waals surface area contributed by atoms with Gasteiger partial charge in [-0.25, -0.2) is 4.90 Å². The van der Waals surface area contributed by atoms with Crippen molar-refractivity contribution in [2.45, 2.75) is 6.42 Å². The number of non-ortho nitro benzene ring substituents is 1. The second-order valence-electron chi connectivity index (χ2n) is 7.06. The van der Waals surface area contributed by atoms with E-state index >= 15 is 0 Å². The fourth-order valence-electron chi connectivity index (χ4n) is 4.99. The van der Waals surface area contributed by atoms with Crippen molar-refractivity contribution in [3.63, 3.8) is 0 Å². The van der Waals surface area contributed by atoms with E-state index in [2.05, 4.69) is 28.1 Å². The monoisotopic (exact) mass is 388 g/mol. The highest BCUT2D eigenvalue weighted by molar-refractivity contribution is 9.10. The van der Waals surface area contributed by atoms with Crippen LogP contribution >= 0.6 is 15.9 Å². The normalized spacial score (nSPS) is 38.3. The minimum atomic E-state index is -0.500. The first-order valence-electron chi connectivity index (χ1n) is 7.99. The maximum absolute atomic E-state index is 13.0. The summed E-state index contributed by atoms with van der Waals surface area (Å²) < 4.78 is 0.391. The van der Waals surface area contributed by atoms with Crippen LogP contribution in [-0.2, 0) is 9.59 Å². The third-order valence-corrected chi connectivity index (χ3v) is 6.68. The standard InChI is InChI=1S/C17H13BrN2O4/c18-12-5-7(20(23)24)1-4-13(12)19-16(21)14-8-2-3-9(11-6-10(8)11)15(14)17(19)22/h1-5,8-11,14-15H,6H2/t8-,9-,10-,11-,14-,15+/m0/s1. The molecule has 0 N–H and O–H groups in total. The number of rotatable bonds is 2. The molecule has 6 nitrogen and oxygen atoms in total. The molecule has 6 rings (SSSR count). The van der Waals surface area contributed by atoms with Crippen LogP contribution in [0.1, 0.15) is 6.42 Å². The van der Waals surface area contributed by atoms with Gasteiger partial charge in [0, 0.05) is 16.6 Å². The number of imide groups is 1. The van der Waals surface area contributed by atoms with Crippen molar-refractivity contribution in [2.75, 3.05) is 4.90 Å². The Balaban J connectivity index is 1.56. The van der Waals surface area contributed by atoms with Crippen molar-refractivity contribution in [2.24, 2.45) is 35.5 Å². The first-order valence-corrected chi connectivity index (χ1v) is 8.78. The van der Waals surface area contributed by atoms with Crippen LogP contribution in [0.5, 0.6) is 0 Å². The Morgan fingerprint density at radius 2 is 1.67 bits per heavy atom. The summed E-state index contributed by atoms with van der Waals surface area (Å²) in [5.74, 6) is 0.591. The minimum absolute atomic E-state index is 0.0786. The van der Waals surface area contributed by atoms with Gasteiger partial charge in [0.15, 0.2) is 0 Å². The van der Waals surface area contributed by atoms with Gasteiger partial charge in [-0.1, -0.05) is 12.2 Å². The van der Waals surface area contributed by atoms with Crippen molar-refractivity contribution in [3.8, 4) is 0 Å². The second kappa shape index (κ2) is 4.53. The summed E-state index contributed by atoms with van der Waals surface area (Å²) >= 11 is 3.28. The van der Waals surface area contributed by atoms with Gasteiger partial charge in [0.2, 0.25) is 11.8 Å². The van der Waals surface area contributed by atoms with Crippen molar-refractivity contribution in [1.29, 1.82) is 0 Å². The number of nitro benzene ring substituents is 1. The zero-order valence-corrected chi connectivity index (χ0v) is 14.0. The first-order chi connectivity index (χ1) is 11.5. The molecule has 5 aliphatic rings. The van der Waals surface area contributed by atoms with Gasteiger partial charge < -0.3 is 0 Å². The van der Waals surface area contributed by atoms with E-state index in [0.29, 0.717) is 22.0 Å². The number of hydrogen-bond donors (Lipinski definition) is 0. The van der Waals surface area contributed by atoms with Gasteiger partial charge in [-0.15, -0.1) is 0 Å². The summed E-state index contributed by atoms with van der Waals surface area (Å²) in [7, 11) is 0. The molecule has 0 unspecified atom stereocenters. The van der Waals surface area contributed by atoms with Gasteiger partial charge in [0.1, 0.15) is 0 Å². The number of nitro groups is 1. The van der Waals surface area contributed by atoms with E-state index < -0.39 is 4.92 Å². The number of carbonyl (C=O) groups is 2. The molecule has 0 aromatic heterocycles. The molecule has 24 heavy (non-hydrogen) atoms. The third kappa shape index (κ3) is 1.65. The smallest absolute Gasteiger partial charge is 0.270 e. The lowest BCUT2D eigenvalue weighted by molar-refractivity contribution is -0.384. The Bertz CT molecular complexity index is 815. The van der Waals surface area contributed by atoms with Gasteiger partial charge in [0.05, 0.1) is 22.4 Å². The van der Waals surface area contributed by atoms with Crippen LogP contribution in [0.2, 0.25) is 0 Å². The summed E-state index contributed by atoms with van der Waals surface area (Å²) in [4.78, 5) is 37.6. The molecular formula is C17H13BrN2O4. The van der Waals surface area contributed by atoms with Crippen molar-refractivity contribution in [1.82, 2.24) is 0 Å². The van der Waals surface area contributed by atoms with Crippen LogP contribution in [0.3, 0.4) is 0 Å². The van der Waals surface area contributed by atoms with Crippen molar-refractivity contribution < 1.29 is 14.5 Å². The van der Waals surface area contributed by atoms with E-state index in [1.807, 2.05) is 0 Å². The number of nitrogens with zero attached hydrogens (tertiary/aromatic N) is 2. The van der Waals surface area contributed by atoms with Gasteiger partial charge in [-0.3, -0.25) is 19.7 Å². The topological polar surface area (TPSA) is 80.5 Å². The molecule has 1 aliphatic heterocycles. The Hall–Kier alpha value is -2.02. The molecule has 2 bridgehead atoms. The average Bonchev–Trinajstić information content (AvgIpc) is 3.33. The summed E-state index contributed by atoms with van der Waals surface area (Å²) in [6.07, 6.45) is 5.37. The zero-order chi connectivity index (χ0) is 16.7. The molecule has 7 heteroatoms. The van der Waals surface area contributed by atoms with Crippen LogP contribution in [0.25, 0.3) is 0 Å². The van der Waals surface area contributed by atoms with E-state index in [0.717, 1.165) is 6.42 Å². The lowest BCUT2D eigenvalue weighted by Crippen LogP contribution is -2.40. The molecule has 0 radical (unpaired) electrons. The Labute approximate surface area is 145 Å². The molecule has 1 heterocycles. The number of benzene rings is 1. The lowest BCUT2D eigenvalue weighted by atomic mass is 9.63.